The highest BCUT2D eigenvalue weighted by atomic mass is 16.5. The predicted molar refractivity (Wildman–Crippen MR) is 66.6 cm³/mol. The third-order valence-electron chi connectivity index (χ3n) is 2.67. The van der Waals surface area contributed by atoms with Gasteiger partial charge in [0.05, 0.1) is 13.2 Å². The van der Waals surface area contributed by atoms with Crippen LogP contribution in [0.1, 0.15) is 37.9 Å². The smallest absolute Gasteiger partial charge is 0.118 e. The molecule has 0 saturated heterocycles. The third-order valence-corrected chi connectivity index (χ3v) is 2.67. The summed E-state index contributed by atoms with van der Waals surface area (Å²) in [7, 11) is 1.63. The van der Waals surface area contributed by atoms with Gasteiger partial charge in [0.2, 0.25) is 0 Å². The van der Waals surface area contributed by atoms with Crippen molar-refractivity contribution in [1.82, 2.24) is 0 Å². The molecule has 0 aliphatic rings. The van der Waals surface area contributed by atoms with Crippen molar-refractivity contribution in [2.75, 3.05) is 7.11 Å². The first-order valence-electron chi connectivity index (χ1n) is 5.68. The Morgan fingerprint density at radius 3 is 2.50 bits per heavy atom. The molecule has 0 heterocycles. The maximum absolute atomic E-state index is 10.0. The lowest BCUT2D eigenvalue weighted by Crippen LogP contribution is -2.00. The van der Waals surface area contributed by atoms with E-state index in [-0.39, 0.29) is 0 Å². The summed E-state index contributed by atoms with van der Waals surface area (Å²) < 4.78 is 5.07. The number of aliphatic hydroxyl groups excluding tert-OH is 1. The first-order valence-corrected chi connectivity index (χ1v) is 5.68. The minimum Gasteiger partial charge on any atom is -0.497 e. The molecule has 1 rings (SSSR count). The van der Waals surface area contributed by atoms with E-state index >= 15 is 0 Å². The van der Waals surface area contributed by atoms with Crippen LogP contribution in [0.4, 0.5) is 0 Å². The van der Waals surface area contributed by atoms with Gasteiger partial charge in [0.15, 0.2) is 0 Å². The summed E-state index contributed by atoms with van der Waals surface area (Å²) in [6.07, 6.45) is 2.52. The van der Waals surface area contributed by atoms with Gasteiger partial charge in [-0.1, -0.05) is 32.1 Å². The van der Waals surface area contributed by atoms with Crippen LogP contribution in [0.25, 0.3) is 0 Å². The average molecular weight is 220 g/mol. The van der Waals surface area contributed by atoms with Crippen molar-refractivity contribution in [2.24, 2.45) is 0 Å². The Morgan fingerprint density at radius 2 is 2.00 bits per heavy atom. The highest BCUT2D eigenvalue weighted by molar-refractivity contribution is 5.31. The first kappa shape index (κ1) is 12.8. The minimum absolute atomic E-state index is 0.558. The number of ether oxygens (including phenoxy) is 1. The van der Waals surface area contributed by atoms with E-state index in [1.807, 2.05) is 24.3 Å². The average Bonchev–Trinajstić information content (AvgIpc) is 2.35. The van der Waals surface area contributed by atoms with E-state index in [2.05, 4.69) is 13.5 Å². The number of benzene rings is 1. The van der Waals surface area contributed by atoms with Crippen molar-refractivity contribution in [3.63, 3.8) is 0 Å². The van der Waals surface area contributed by atoms with Crippen molar-refractivity contribution in [3.05, 3.63) is 42.0 Å². The van der Waals surface area contributed by atoms with E-state index in [1.165, 1.54) is 0 Å². The van der Waals surface area contributed by atoms with Crippen LogP contribution in [-0.2, 0) is 0 Å². The van der Waals surface area contributed by atoms with Gasteiger partial charge in [-0.05, 0) is 36.1 Å². The molecule has 2 heteroatoms. The quantitative estimate of drug-likeness (QED) is 0.744. The van der Waals surface area contributed by atoms with Crippen LogP contribution in [0, 0.1) is 0 Å². The monoisotopic (exact) mass is 220 g/mol. The Hall–Kier alpha value is -1.28. The summed E-state index contributed by atoms with van der Waals surface area (Å²) in [5, 5.41) is 10.0. The van der Waals surface area contributed by atoms with Gasteiger partial charge in [0, 0.05) is 0 Å². The number of aliphatic hydroxyl groups is 1. The Morgan fingerprint density at radius 1 is 1.38 bits per heavy atom. The fourth-order valence-corrected chi connectivity index (χ4v) is 1.56. The Bertz CT molecular complexity index is 327. The Balaban J connectivity index is 2.64. The molecule has 1 aromatic carbocycles. The van der Waals surface area contributed by atoms with Gasteiger partial charge in [-0.3, -0.25) is 0 Å². The molecule has 1 atom stereocenters. The largest absolute Gasteiger partial charge is 0.497 e. The molecule has 1 aromatic rings. The molecule has 16 heavy (non-hydrogen) atoms. The second kappa shape index (κ2) is 6.33. The maximum atomic E-state index is 10.0. The van der Waals surface area contributed by atoms with Gasteiger partial charge in [0.25, 0.3) is 0 Å². The zero-order chi connectivity index (χ0) is 12.0. The topological polar surface area (TPSA) is 29.5 Å². The summed E-state index contributed by atoms with van der Waals surface area (Å²) in [6, 6.07) is 7.46. The predicted octanol–water partition coefficient (Wildman–Crippen LogP) is 3.48. The molecule has 0 aliphatic heterocycles. The molecule has 0 aromatic heterocycles. The molecule has 0 fully saturated rings. The van der Waals surface area contributed by atoms with E-state index < -0.39 is 6.10 Å². The van der Waals surface area contributed by atoms with Crippen molar-refractivity contribution >= 4 is 0 Å². The van der Waals surface area contributed by atoms with Crippen molar-refractivity contribution in [3.8, 4) is 5.75 Å². The lowest BCUT2D eigenvalue weighted by atomic mass is 9.99. The first-order chi connectivity index (χ1) is 7.69. The molecule has 2 nitrogen and oxygen atoms in total. The highest BCUT2D eigenvalue weighted by Crippen LogP contribution is 2.25. The summed E-state index contributed by atoms with van der Waals surface area (Å²) in [4.78, 5) is 0. The fourth-order valence-electron chi connectivity index (χ4n) is 1.56. The third kappa shape index (κ3) is 3.38. The van der Waals surface area contributed by atoms with E-state index in [0.717, 1.165) is 36.1 Å². The number of unbranched alkanes of at least 4 members (excludes halogenated alkanes) is 1. The van der Waals surface area contributed by atoms with E-state index in [1.54, 1.807) is 7.11 Å². The van der Waals surface area contributed by atoms with Gasteiger partial charge in [-0.15, -0.1) is 0 Å². The lowest BCUT2D eigenvalue weighted by molar-refractivity contribution is 0.211. The van der Waals surface area contributed by atoms with Crippen LogP contribution in [-0.4, -0.2) is 12.2 Å². The Kier molecular flexibility index (Phi) is 5.06. The van der Waals surface area contributed by atoms with Crippen molar-refractivity contribution in [2.45, 2.75) is 32.3 Å². The van der Waals surface area contributed by atoms with E-state index in [9.17, 15) is 5.11 Å². The molecule has 88 valence electrons. The lowest BCUT2D eigenvalue weighted by Gasteiger charge is -2.14. The van der Waals surface area contributed by atoms with Crippen molar-refractivity contribution in [1.29, 1.82) is 0 Å². The normalized spacial score (nSPS) is 12.2. The van der Waals surface area contributed by atoms with Crippen molar-refractivity contribution < 1.29 is 9.84 Å². The molecule has 1 N–H and O–H groups in total. The zero-order valence-electron chi connectivity index (χ0n) is 10.1. The molecule has 0 amide bonds. The highest BCUT2D eigenvalue weighted by Gasteiger charge is 2.10. The van der Waals surface area contributed by atoms with Gasteiger partial charge in [0.1, 0.15) is 5.75 Å². The van der Waals surface area contributed by atoms with Crippen LogP contribution < -0.4 is 4.74 Å². The second-order valence-electron chi connectivity index (χ2n) is 3.94. The maximum Gasteiger partial charge on any atom is 0.118 e. The van der Waals surface area contributed by atoms with Crippen LogP contribution in [0.2, 0.25) is 0 Å². The van der Waals surface area contributed by atoms with Gasteiger partial charge in [-0.25, -0.2) is 0 Å². The molecule has 0 saturated carbocycles. The van der Waals surface area contributed by atoms with E-state index in [4.69, 9.17) is 4.74 Å². The Labute approximate surface area is 97.6 Å². The van der Waals surface area contributed by atoms with Crippen LogP contribution in [0.3, 0.4) is 0 Å². The second-order valence-corrected chi connectivity index (χ2v) is 3.94. The molecular weight excluding hydrogens is 200 g/mol. The number of hydrogen-bond acceptors (Lipinski definition) is 2. The summed E-state index contributed by atoms with van der Waals surface area (Å²) in [6.45, 7) is 6.06. The molecule has 0 spiro atoms. The van der Waals surface area contributed by atoms with Gasteiger partial charge < -0.3 is 9.84 Å². The fraction of sp³-hybridized carbons (Fsp3) is 0.429. The molecular formula is C14H20O2. The standard InChI is InChI=1S/C14H20O2/c1-4-5-6-11(2)14(15)12-7-9-13(16-3)10-8-12/h7-10,14-15H,2,4-6H2,1,3H3/t14-/m0/s1. The SMILES string of the molecule is C=C(CCCC)[C@H](O)c1ccc(OC)cc1. The minimum atomic E-state index is -0.558. The van der Waals surface area contributed by atoms with Gasteiger partial charge >= 0.3 is 0 Å². The summed E-state index contributed by atoms with van der Waals surface area (Å²) in [5.41, 5.74) is 1.76. The summed E-state index contributed by atoms with van der Waals surface area (Å²) >= 11 is 0. The van der Waals surface area contributed by atoms with Crippen LogP contribution in [0.5, 0.6) is 5.75 Å². The van der Waals surface area contributed by atoms with Crippen LogP contribution in [0.15, 0.2) is 36.4 Å². The molecule has 0 radical (unpaired) electrons. The number of rotatable bonds is 6. The number of hydrogen-bond donors (Lipinski definition) is 1. The summed E-state index contributed by atoms with van der Waals surface area (Å²) in [5.74, 6) is 0.801. The van der Waals surface area contributed by atoms with Crippen LogP contribution >= 0.6 is 0 Å². The molecule has 0 bridgehead atoms. The van der Waals surface area contributed by atoms with E-state index in [0.29, 0.717) is 0 Å². The zero-order valence-corrected chi connectivity index (χ0v) is 10.1. The van der Waals surface area contributed by atoms with Gasteiger partial charge in [-0.2, -0.15) is 0 Å². The molecule has 0 aliphatic carbocycles. The molecule has 0 unspecified atom stereocenters. The number of methoxy groups -OCH3 is 1.